The Morgan fingerprint density at radius 1 is 1.08 bits per heavy atom. The molecule has 0 aliphatic rings. The van der Waals surface area contributed by atoms with E-state index in [2.05, 4.69) is 5.32 Å². The van der Waals surface area contributed by atoms with E-state index in [1.54, 1.807) is 16.7 Å². The molecule has 25 heavy (non-hydrogen) atoms. The highest BCUT2D eigenvalue weighted by Crippen LogP contribution is 2.13. The molecule has 0 aliphatic carbocycles. The lowest BCUT2D eigenvalue weighted by Gasteiger charge is -2.11. The van der Waals surface area contributed by atoms with Gasteiger partial charge in [0.25, 0.3) is 0 Å². The van der Waals surface area contributed by atoms with Gasteiger partial charge in [-0.2, -0.15) is 0 Å². The molecule has 0 fully saturated rings. The number of carbonyl (C=O) groups is 2. The highest BCUT2D eigenvalue weighted by Gasteiger charge is 2.09. The number of aromatic nitrogens is 1. The fourth-order valence-corrected chi connectivity index (χ4v) is 2.49. The second-order valence-corrected chi connectivity index (χ2v) is 5.46. The van der Waals surface area contributed by atoms with Crippen LogP contribution in [0.4, 0.5) is 10.1 Å². The van der Waals surface area contributed by atoms with Crippen LogP contribution in [-0.2, 0) is 11.3 Å². The lowest BCUT2D eigenvalue weighted by Crippen LogP contribution is -2.20. The van der Waals surface area contributed by atoms with Crippen molar-refractivity contribution in [3.63, 3.8) is 0 Å². The summed E-state index contributed by atoms with van der Waals surface area (Å²) in [5.41, 5.74) is 6.16. The monoisotopic (exact) mass is 339 g/mol. The normalized spacial score (nSPS) is 10.6. The number of anilines is 1. The molecule has 0 bridgehead atoms. The van der Waals surface area contributed by atoms with E-state index in [1.807, 2.05) is 0 Å². The number of pyridine rings is 1. The Kier molecular flexibility index (Phi) is 4.30. The van der Waals surface area contributed by atoms with Crippen LogP contribution < -0.4 is 16.5 Å². The summed E-state index contributed by atoms with van der Waals surface area (Å²) in [7, 11) is 0. The molecule has 3 aromatic rings. The number of benzene rings is 2. The molecule has 3 rings (SSSR count). The zero-order valence-corrected chi connectivity index (χ0v) is 13.0. The maximum absolute atomic E-state index is 13.3. The number of halogens is 1. The van der Waals surface area contributed by atoms with Gasteiger partial charge in [-0.15, -0.1) is 0 Å². The third-order valence-electron chi connectivity index (χ3n) is 3.71. The van der Waals surface area contributed by atoms with Crippen molar-refractivity contribution in [2.75, 3.05) is 5.32 Å². The molecular weight excluding hydrogens is 325 g/mol. The molecule has 3 N–H and O–H groups in total. The van der Waals surface area contributed by atoms with Crippen LogP contribution in [0, 0.1) is 5.82 Å². The van der Waals surface area contributed by atoms with Crippen molar-refractivity contribution in [1.29, 1.82) is 0 Å². The first kappa shape index (κ1) is 16.4. The second kappa shape index (κ2) is 6.56. The minimum Gasteiger partial charge on any atom is -0.366 e. The maximum Gasteiger partial charge on any atom is 0.248 e. The van der Waals surface area contributed by atoms with Gasteiger partial charge in [0.05, 0.1) is 5.52 Å². The minimum absolute atomic E-state index is 0.0556. The van der Waals surface area contributed by atoms with Gasteiger partial charge in [-0.05, 0) is 42.5 Å². The molecule has 2 aromatic carbocycles. The average Bonchev–Trinajstić information content (AvgIpc) is 2.58. The molecular formula is C18H14FN3O3. The van der Waals surface area contributed by atoms with Gasteiger partial charge < -0.3 is 15.6 Å². The van der Waals surface area contributed by atoms with E-state index in [9.17, 15) is 18.8 Å². The Morgan fingerprint density at radius 2 is 1.80 bits per heavy atom. The molecule has 1 heterocycles. The van der Waals surface area contributed by atoms with E-state index in [0.29, 0.717) is 16.8 Å². The number of hydrogen-bond acceptors (Lipinski definition) is 3. The number of hydrogen-bond donors (Lipinski definition) is 2. The van der Waals surface area contributed by atoms with E-state index in [4.69, 9.17) is 5.73 Å². The lowest BCUT2D eigenvalue weighted by molar-refractivity contribution is -0.116. The predicted octanol–water partition coefficient (Wildman–Crippen LogP) is 1.88. The average molecular weight is 339 g/mol. The summed E-state index contributed by atoms with van der Waals surface area (Å²) in [4.78, 5) is 35.1. The summed E-state index contributed by atoms with van der Waals surface area (Å²) in [6.45, 7) is -0.0556. The van der Waals surface area contributed by atoms with Crippen molar-refractivity contribution in [2.24, 2.45) is 5.73 Å². The molecule has 2 amide bonds. The molecule has 0 atom stereocenters. The van der Waals surface area contributed by atoms with Crippen LogP contribution in [-0.4, -0.2) is 16.4 Å². The van der Waals surface area contributed by atoms with Crippen LogP contribution >= 0.6 is 0 Å². The molecule has 0 saturated heterocycles. The molecule has 0 aliphatic heterocycles. The molecule has 6 nitrogen and oxygen atoms in total. The first-order valence-electron chi connectivity index (χ1n) is 7.42. The van der Waals surface area contributed by atoms with E-state index < -0.39 is 11.7 Å². The molecule has 1 aromatic heterocycles. The zero-order chi connectivity index (χ0) is 18.0. The number of fused-ring (bicyclic) bond motifs is 1. The van der Waals surface area contributed by atoms with Gasteiger partial charge in [0, 0.05) is 28.9 Å². The van der Waals surface area contributed by atoms with Gasteiger partial charge in [0.15, 0.2) is 5.43 Å². The van der Waals surface area contributed by atoms with Crippen LogP contribution in [0.1, 0.15) is 10.4 Å². The van der Waals surface area contributed by atoms with E-state index >= 15 is 0 Å². The van der Waals surface area contributed by atoms with Gasteiger partial charge in [0.2, 0.25) is 11.8 Å². The zero-order valence-electron chi connectivity index (χ0n) is 13.0. The van der Waals surface area contributed by atoms with Gasteiger partial charge >= 0.3 is 0 Å². The summed E-state index contributed by atoms with van der Waals surface area (Å²) in [6, 6.07) is 11.3. The third kappa shape index (κ3) is 3.55. The number of rotatable bonds is 4. The van der Waals surface area contributed by atoms with Gasteiger partial charge in [-0.25, -0.2) is 4.39 Å². The van der Waals surface area contributed by atoms with Crippen LogP contribution in [0.15, 0.2) is 59.5 Å². The SMILES string of the molecule is NC(=O)c1ccc(NC(=O)Cn2ccc(=O)c3cc(F)ccc32)cc1. The summed E-state index contributed by atoms with van der Waals surface area (Å²) in [6.07, 6.45) is 1.48. The standard InChI is InChI=1S/C18H14FN3O3/c19-12-3-6-15-14(9-12)16(23)7-8-22(15)10-17(24)21-13-4-1-11(2-5-13)18(20)25/h1-9H,10H2,(H2,20,25)(H,21,24). The smallest absolute Gasteiger partial charge is 0.248 e. The molecule has 0 radical (unpaired) electrons. The summed E-state index contributed by atoms with van der Waals surface area (Å²) < 4.78 is 14.9. The largest absolute Gasteiger partial charge is 0.366 e. The predicted molar refractivity (Wildman–Crippen MR) is 91.8 cm³/mol. The number of nitrogens with one attached hydrogen (secondary N) is 1. The number of nitrogens with zero attached hydrogens (tertiary/aromatic N) is 1. The molecule has 7 heteroatoms. The molecule has 0 unspecified atom stereocenters. The highest BCUT2D eigenvalue weighted by molar-refractivity contribution is 5.95. The van der Waals surface area contributed by atoms with E-state index in [1.165, 1.54) is 36.5 Å². The Hall–Kier alpha value is -3.48. The van der Waals surface area contributed by atoms with E-state index in [0.717, 1.165) is 6.07 Å². The first-order valence-corrected chi connectivity index (χ1v) is 7.42. The van der Waals surface area contributed by atoms with Crippen molar-refractivity contribution in [3.05, 3.63) is 76.3 Å². The Morgan fingerprint density at radius 3 is 2.48 bits per heavy atom. The van der Waals surface area contributed by atoms with Crippen LogP contribution in [0.25, 0.3) is 10.9 Å². The van der Waals surface area contributed by atoms with Crippen molar-refractivity contribution in [1.82, 2.24) is 4.57 Å². The fourth-order valence-electron chi connectivity index (χ4n) is 2.49. The topological polar surface area (TPSA) is 94.2 Å². The number of nitrogens with two attached hydrogens (primary N) is 1. The molecule has 126 valence electrons. The molecule has 0 saturated carbocycles. The summed E-state index contributed by atoms with van der Waals surface area (Å²) in [5, 5.41) is 2.89. The number of primary amides is 1. The number of carbonyl (C=O) groups excluding carboxylic acids is 2. The Labute approximate surface area is 141 Å². The lowest BCUT2D eigenvalue weighted by atomic mass is 10.2. The summed E-state index contributed by atoms with van der Waals surface area (Å²) >= 11 is 0. The first-order chi connectivity index (χ1) is 11.9. The number of amides is 2. The minimum atomic E-state index is -0.551. The Bertz CT molecular complexity index is 1030. The summed E-state index contributed by atoms with van der Waals surface area (Å²) in [5.74, 6) is -1.40. The van der Waals surface area contributed by atoms with Crippen LogP contribution in [0.3, 0.4) is 0 Å². The van der Waals surface area contributed by atoms with Crippen molar-refractivity contribution >= 4 is 28.4 Å². The maximum atomic E-state index is 13.3. The van der Waals surface area contributed by atoms with Gasteiger partial charge in [-0.1, -0.05) is 0 Å². The van der Waals surface area contributed by atoms with Crippen LogP contribution in [0.5, 0.6) is 0 Å². The van der Waals surface area contributed by atoms with Crippen LogP contribution in [0.2, 0.25) is 0 Å². The van der Waals surface area contributed by atoms with E-state index in [-0.39, 0.29) is 23.3 Å². The fraction of sp³-hybridized carbons (Fsp3) is 0.0556. The van der Waals surface area contributed by atoms with Crippen molar-refractivity contribution in [2.45, 2.75) is 6.54 Å². The quantitative estimate of drug-likeness (QED) is 0.760. The molecule has 0 spiro atoms. The highest BCUT2D eigenvalue weighted by atomic mass is 19.1. The second-order valence-electron chi connectivity index (χ2n) is 5.46. The van der Waals surface area contributed by atoms with Crippen molar-refractivity contribution < 1.29 is 14.0 Å². The van der Waals surface area contributed by atoms with Crippen molar-refractivity contribution in [3.8, 4) is 0 Å². The Balaban J connectivity index is 1.81. The third-order valence-corrected chi connectivity index (χ3v) is 3.71. The van der Waals surface area contributed by atoms with Gasteiger partial charge in [-0.3, -0.25) is 14.4 Å². The van der Waals surface area contributed by atoms with Gasteiger partial charge in [0.1, 0.15) is 12.4 Å².